The highest BCUT2D eigenvalue weighted by Crippen LogP contribution is 2.26. The molecule has 1 N–H and O–H groups in total. The summed E-state index contributed by atoms with van der Waals surface area (Å²) in [5.41, 5.74) is 3.77. The van der Waals surface area contributed by atoms with E-state index in [1.165, 1.54) is 11.1 Å². The second-order valence-electron chi connectivity index (χ2n) is 4.56. The van der Waals surface area contributed by atoms with Crippen molar-refractivity contribution >= 4 is 0 Å². The molecule has 0 radical (unpaired) electrons. The summed E-state index contributed by atoms with van der Waals surface area (Å²) >= 11 is 0. The fourth-order valence-electron chi connectivity index (χ4n) is 1.58. The number of hydrogen-bond acceptors (Lipinski definition) is 1. The molecule has 1 aromatic rings. The van der Waals surface area contributed by atoms with Crippen LogP contribution in [-0.2, 0) is 12.0 Å². The van der Waals surface area contributed by atoms with Gasteiger partial charge in [0.2, 0.25) is 0 Å². The zero-order valence-electron chi connectivity index (χ0n) is 8.89. The van der Waals surface area contributed by atoms with Crippen LogP contribution in [0, 0.1) is 6.92 Å². The van der Waals surface area contributed by atoms with E-state index in [1.54, 1.807) is 0 Å². The molecule has 0 saturated carbocycles. The van der Waals surface area contributed by atoms with Crippen molar-refractivity contribution in [1.29, 1.82) is 0 Å². The standard InChI is InChI=1S/C12H18O/c1-9-5-6-10(8-13)7-11(9)12(2,3)4/h5-7,13H,8H2,1-4H3. The van der Waals surface area contributed by atoms with Gasteiger partial charge in [0, 0.05) is 0 Å². The smallest absolute Gasteiger partial charge is 0.0681 e. The predicted octanol–water partition coefficient (Wildman–Crippen LogP) is 2.78. The number of rotatable bonds is 1. The lowest BCUT2D eigenvalue weighted by Gasteiger charge is -2.22. The van der Waals surface area contributed by atoms with Crippen molar-refractivity contribution in [2.24, 2.45) is 0 Å². The van der Waals surface area contributed by atoms with Crippen molar-refractivity contribution in [3.05, 3.63) is 34.9 Å². The summed E-state index contributed by atoms with van der Waals surface area (Å²) in [6.45, 7) is 8.81. The first-order chi connectivity index (χ1) is 5.95. The average Bonchev–Trinajstić information content (AvgIpc) is 2.03. The molecule has 0 aliphatic rings. The van der Waals surface area contributed by atoms with Crippen molar-refractivity contribution in [1.82, 2.24) is 0 Å². The summed E-state index contributed by atoms with van der Waals surface area (Å²) in [7, 11) is 0. The van der Waals surface area contributed by atoms with Gasteiger partial charge in [-0.3, -0.25) is 0 Å². The van der Waals surface area contributed by atoms with Crippen LogP contribution in [-0.4, -0.2) is 5.11 Å². The molecule has 1 heteroatoms. The number of benzene rings is 1. The molecule has 0 spiro atoms. The molecule has 0 fully saturated rings. The Morgan fingerprint density at radius 1 is 1.23 bits per heavy atom. The van der Waals surface area contributed by atoms with Gasteiger partial charge in [0.15, 0.2) is 0 Å². The number of hydrogen-bond donors (Lipinski definition) is 1. The molecule has 0 saturated heterocycles. The van der Waals surface area contributed by atoms with E-state index in [2.05, 4.69) is 39.8 Å². The van der Waals surface area contributed by atoms with Crippen LogP contribution in [0.4, 0.5) is 0 Å². The van der Waals surface area contributed by atoms with Crippen molar-refractivity contribution in [3.63, 3.8) is 0 Å². The van der Waals surface area contributed by atoms with Gasteiger partial charge in [-0.25, -0.2) is 0 Å². The molecule has 1 nitrogen and oxygen atoms in total. The van der Waals surface area contributed by atoms with Crippen molar-refractivity contribution in [2.75, 3.05) is 0 Å². The molecule has 0 heterocycles. The summed E-state index contributed by atoms with van der Waals surface area (Å²) in [6.07, 6.45) is 0. The SMILES string of the molecule is Cc1ccc(CO)cc1C(C)(C)C. The van der Waals surface area contributed by atoms with E-state index >= 15 is 0 Å². The highest BCUT2D eigenvalue weighted by Gasteiger charge is 2.16. The first-order valence-electron chi connectivity index (χ1n) is 4.66. The van der Waals surface area contributed by atoms with Crippen LogP contribution in [0.25, 0.3) is 0 Å². The highest BCUT2D eigenvalue weighted by molar-refractivity contribution is 5.35. The van der Waals surface area contributed by atoms with E-state index < -0.39 is 0 Å². The van der Waals surface area contributed by atoms with Crippen LogP contribution in [0.3, 0.4) is 0 Å². The van der Waals surface area contributed by atoms with E-state index in [0.717, 1.165) is 5.56 Å². The monoisotopic (exact) mass is 178 g/mol. The number of aliphatic hydroxyl groups is 1. The molecule has 72 valence electrons. The number of aliphatic hydroxyl groups excluding tert-OH is 1. The Morgan fingerprint density at radius 3 is 2.31 bits per heavy atom. The molecule has 13 heavy (non-hydrogen) atoms. The Hall–Kier alpha value is -0.820. The summed E-state index contributed by atoms with van der Waals surface area (Å²) in [5, 5.41) is 9.02. The molecule has 1 aromatic carbocycles. The minimum atomic E-state index is 0.128. The van der Waals surface area contributed by atoms with Crippen LogP contribution in [0.5, 0.6) is 0 Å². The summed E-state index contributed by atoms with van der Waals surface area (Å²) in [5.74, 6) is 0. The Balaban J connectivity index is 3.19. The van der Waals surface area contributed by atoms with Gasteiger partial charge >= 0.3 is 0 Å². The molecule has 0 amide bonds. The van der Waals surface area contributed by atoms with Gasteiger partial charge in [-0.05, 0) is 29.0 Å². The van der Waals surface area contributed by atoms with E-state index in [4.69, 9.17) is 5.11 Å². The Morgan fingerprint density at radius 2 is 1.85 bits per heavy atom. The van der Waals surface area contributed by atoms with Crippen LogP contribution in [0.2, 0.25) is 0 Å². The molecular formula is C12H18O. The average molecular weight is 178 g/mol. The van der Waals surface area contributed by atoms with Gasteiger partial charge in [-0.2, -0.15) is 0 Å². The third kappa shape index (κ3) is 2.31. The lowest BCUT2D eigenvalue weighted by Crippen LogP contribution is -2.13. The Bertz CT molecular complexity index is 294. The van der Waals surface area contributed by atoms with Crippen molar-refractivity contribution < 1.29 is 5.11 Å². The molecule has 0 unspecified atom stereocenters. The van der Waals surface area contributed by atoms with E-state index in [1.807, 2.05) is 6.07 Å². The molecule has 1 rings (SSSR count). The van der Waals surface area contributed by atoms with Gasteiger partial charge in [0.25, 0.3) is 0 Å². The molecule has 0 atom stereocenters. The van der Waals surface area contributed by atoms with E-state index in [-0.39, 0.29) is 12.0 Å². The molecule has 0 aromatic heterocycles. The first-order valence-corrected chi connectivity index (χ1v) is 4.66. The lowest BCUT2D eigenvalue weighted by atomic mass is 9.83. The fourth-order valence-corrected chi connectivity index (χ4v) is 1.58. The summed E-state index contributed by atoms with van der Waals surface area (Å²) in [4.78, 5) is 0. The van der Waals surface area contributed by atoms with E-state index in [0.29, 0.717) is 0 Å². The van der Waals surface area contributed by atoms with Crippen LogP contribution >= 0.6 is 0 Å². The van der Waals surface area contributed by atoms with Crippen molar-refractivity contribution in [3.8, 4) is 0 Å². The van der Waals surface area contributed by atoms with Gasteiger partial charge in [0.1, 0.15) is 0 Å². The minimum absolute atomic E-state index is 0.128. The largest absolute Gasteiger partial charge is 0.392 e. The Labute approximate surface area is 80.4 Å². The lowest BCUT2D eigenvalue weighted by molar-refractivity contribution is 0.281. The van der Waals surface area contributed by atoms with Crippen LogP contribution in [0.1, 0.15) is 37.5 Å². The molecule has 0 aliphatic carbocycles. The van der Waals surface area contributed by atoms with Crippen LogP contribution in [0.15, 0.2) is 18.2 Å². The minimum Gasteiger partial charge on any atom is -0.392 e. The summed E-state index contributed by atoms with van der Waals surface area (Å²) in [6, 6.07) is 6.14. The zero-order chi connectivity index (χ0) is 10.1. The van der Waals surface area contributed by atoms with Gasteiger partial charge < -0.3 is 5.11 Å². The molecular weight excluding hydrogens is 160 g/mol. The molecule has 0 bridgehead atoms. The summed E-state index contributed by atoms with van der Waals surface area (Å²) < 4.78 is 0. The van der Waals surface area contributed by atoms with Gasteiger partial charge in [-0.1, -0.05) is 39.0 Å². The van der Waals surface area contributed by atoms with E-state index in [9.17, 15) is 0 Å². The molecule has 0 aliphatic heterocycles. The van der Waals surface area contributed by atoms with Gasteiger partial charge in [0.05, 0.1) is 6.61 Å². The number of aryl methyl sites for hydroxylation is 1. The Kier molecular flexibility index (Phi) is 2.77. The van der Waals surface area contributed by atoms with Gasteiger partial charge in [-0.15, -0.1) is 0 Å². The highest BCUT2D eigenvalue weighted by atomic mass is 16.3. The normalized spacial score (nSPS) is 11.8. The topological polar surface area (TPSA) is 20.2 Å². The fraction of sp³-hybridized carbons (Fsp3) is 0.500. The van der Waals surface area contributed by atoms with Crippen LogP contribution < -0.4 is 0 Å². The predicted molar refractivity (Wildman–Crippen MR) is 55.8 cm³/mol. The quantitative estimate of drug-likeness (QED) is 0.701. The third-order valence-electron chi connectivity index (χ3n) is 2.29. The second kappa shape index (κ2) is 3.51. The maximum absolute atomic E-state index is 9.02. The van der Waals surface area contributed by atoms with Crippen molar-refractivity contribution in [2.45, 2.75) is 39.7 Å². The maximum Gasteiger partial charge on any atom is 0.0681 e. The zero-order valence-corrected chi connectivity index (χ0v) is 8.89. The second-order valence-corrected chi connectivity index (χ2v) is 4.56. The maximum atomic E-state index is 9.02. The third-order valence-corrected chi connectivity index (χ3v) is 2.29. The first kappa shape index (κ1) is 10.3.